The summed E-state index contributed by atoms with van der Waals surface area (Å²) in [6, 6.07) is 14.1. The molecule has 0 radical (unpaired) electrons. The number of ether oxygens (including phenoxy) is 3. The molecule has 0 N–H and O–H groups in total. The third kappa shape index (κ3) is 4.84. The molecule has 2 aromatic rings. The fourth-order valence-corrected chi connectivity index (χ4v) is 5.92. The van der Waals surface area contributed by atoms with E-state index >= 15 is 0 Å². The van der Waals surface area contributed by atoms with E-state index in [0.717, 1.165) is 50.1 Å². The van der Waals surface area contributed by atoms with Crippen LogP contribution in [0.3, 0.4) is 0 Å². The molecule has 5 nitrogen and oxygen atoms in total. The first-order valence-electron chi connectivity index (χ1n) is 12.4. The Kier molecular flexibility index (Phi) is 8.16. The van der Waals surface area contributed by atoms with Crippen LogP contribution in [0.4, 0.5) is 4.39 Å². The van der Waals surface area contributed by atoms with E-state index in [2.05, 4.69) is 30.9 Å². The van der Waals surface area contributed by atoms with Crippen LogP contribution in [0.25, 0.3) is 0 Å². The monoisotopic (exact) mass is 490 g/mol. The number of hydrazine groups is 1. The summed E-state index contributed by atoms with van der Waals surface area (Å²) in [5.41, 5.74) is 0.319. The van der Waals surface area contributed by atoms with Gasteiger partial charge < -0.3 is 14.2 Å². The van der Waals surface area contributed by atoms with Crippen LogP contribution in [0.15, 0.2) is 48.5 Å². The van der Waals surface area contributed by atoms with Gasteiger partial charge in [-0.25, -0.2) is 14.4 Å². The molecule has 4 rings (SSSR count). The van der Waals surface area contributed by atoms with Gasteiger partial charge in [-0.3, -0.25) is 0 Å². The average molecular weight is 491 g/mol. The van der Waals surface area contributed by atoms with E-state index in [4.69, 9.17) is 25.8 Å². The highest BCUT2D eigenvalue weighted by Crippen LogP contribution is 2.52. The zero-order valence-corrected chi connectivity index (χ0v) is 21.2. The minimum absolute atomic E-state index is 0.0404. The number of hydrogen-bond donors (Lipinski definition) is 0. The van der Waals surface area contributed by atoms with Crippen LogP contribution in [0.2, 0.25) is 5.02 Å². The molecule has 2 aliphatic rings. The van der Waals surface area contributed by atoms with Gasteiger partial charge in [0.15, 0.2) is 0 Å². The Morgan fingerprint density at radius 3 is 2.50 bits per heavy atom. The number of rotatable bonds is 9. The van der Waals surface area contributed by atoms with Crippen LogP contribution in [0, 0.1) is 5.82 Å². The topological polar surface area (TPSA) is 34.2 Å². The highest BCUT2D eigenvalue weighted by atomic mass is 35.5. The van der Waals surface area contributed by atoms with Gasteiger partial charge in [-0.05, 0) is 49.6 Å². The standard InChI is InChI=1S/C27H36ClFN2O3/c1-4-14-26(27(32-17-18-33-27)21-9-11-23(29)12-10-21)20-25(13-16-31(26)30(3)15-5-2)34-24-8-6-7-22(28)19-24/h6-12,19,25H,4-5,13-18,20H2,1-3H3. The first-order chi connectivity index (χ1) is 16.4. The van der Waals surface area contributed by atoms with E-state index in [-0.39, 0.29) is 11.9 Å². The zero-order chi connectivity index (χ0) is 24.2. The Morgan fingerprint density at radius 2 is 1.85 bits per heavy atom. The minimum Gasteiger partial charge on any atom is -0.490 e. The zero-order valence-electron chi connectivity index (χ0n) is 20.4. The Balaban J connectivity index is 1.78. The van der Waals surface area contributed by atoms with Gasteiger partial charge in [0.05, 0.1) is 18.8 Å². The van der Waals surface area contributed by atoms with Crippen LogP contribution < -0.4 is 4.74 Å². The van der Waals surface area contributed by atoms with E-state index in [0.29, 0.717) is 24.7 Å². The number of halogens is 2. The number of benzene rings is 2. The van der Waals surface area contributed by atoms with Crippen LogP contribution in [-0.4, -0.2) is 55.0 Å². The molecule has 0 aliphatic carbocycles. The van der Waals surface area contributed by atoms with Gasteiger partial charge in [-0.2, -0.15) is 0 Å². The third-order valence-electron chi connectivity index (χ3n) is 6.97. The molecule has 0 bridgehead atoms. The highest BCUT2D eigenvalue weighted by molar-refractivity contribution is 6.30. The SMILES string of the molecule is CCCN(C)N1CCC(Oc2cccc(Cl)c2)CC1(CCC)C1(c2ccc(F)cc2)OCCO1. The molecule has 7 heteroatoms. The van der Waals surface area contributed by atoms with Gasteiger partial charge in [-0.15, -0.1) is 0 Å². The predicted octanol–water partition coefficient (Wildman–Crippen LogP) is 6.02. The molecule has 186 valence electrons. The molecule has 2 saturated heterocycles. The summed E-state index contributed by atoms with van der Waals surface area (Å²) in [4.78, 5) is 0. The maximum atomic E-state index is 13.9. The van der Waals surface area contributed by atoms with Crippen molar-refractivity contribution in [3.8, 4) is 5.75 Å². The molecule has 2 fully saturated rings. The van der Waals surface area contributed by atoms with E-state index in [1.54, 1.807) is 12.1 Å². The van der Waals surface area contributed by atoms with Crippen LogP contribution >= 0.6 is 11.6 Å². The Hall–Kier alpha value is -1.70. The first kappa shape index (κ1) is 25.4. The van der Waals surface area contributed by atoms with Gasteiger partial charge in [-0.1, -0.05) is 50.1 Å². The quantitative estimate of drug-likeness (QED) is 0.429. The van der Waals surface area contributed by atoms with E-state index in [1.165, 1.54) is 12.1 Å². The number of piperidine rings is 1. The van der Waals surface area contributed by atoms with Crippen molar-refractivity contribution in [3.05, 3.63) is 64.9 Å². The number of hydrogen-bond acceptors (Lipinski definition) is 5. The van der Waals surface area contributed by atoms with Crippen molar-refractivity contribution in [2.75, 3.05) is 33.4 Å². The fourth-order valence-electron chi connectivity index (χ4n) is 5.74. The van der Waals surface area contributed by atoms with Crippen molar-refractivity contribution in [3.63, 3.8) is 0 Å². The molecule has 34 heavy (non-hydrogen) atoms. The lowest BCUT2D eigenvalue weighted by atomic mass is 9.73. The summed E-state index contributed by atoms with van der Waals surface area (Å²) in [5.74, 6) is -0.524. The Bertz CT molecular complexity index is 938. The maximum absolute atomic E-state index is 13.9. The molecule has 0 saturated carbocycles. The lowest BCUT2D eigenvalue weighted by Crippen LogP contribution is -2.70. The lowest BCUT2D eigenvalue weighted by molar-refractivity contribution is -0.305. The van der Waals surface area contributed by atoms with Crippen LogP contribution in [0.1, 0.15) is 51.5 Å². The largest absolute Gasteiger partial charge is 0.490 e. The average Bonchev–Trinajstić information content (AvgIpc) is 3.32. The highest BCUT2D eigenvalue weighted by Gasteiger charge is 2.62. The maximum Gasteiger partial charge on any atom is 0.215 e. The molecule has 0 aromatic heterocycles. The summed E-state index contributed by atoms with van der Waals surface area (Å²) < 4.78 is 33.5. The van der Waals surface area contributed by atoms with Crippen molar-refractivity contribution in [2.24, 2.45) is 0 Å². The molecular formula is C27H36ClFN2O3. The van der Waals surface area contributed by atoms with Gasteiger partial charge in [0.25, 0.3) is 0 Å². The molecule has 2 aromatic carbocycles. The molecule has 0 amide bonds. The summed E-state index contributed by atoms with van der Waals surface area (Å²) >= 11 is 6.22. The van der Waals surface area contributed by atoms with E-state index < -0.39 is 11.3 Å². The van der Waals surface area contributed by atoms with Gasteiger partial charge in [0, 0.05) is 37.1 Å². The molecule has 2 heterocycles. The van der Waals surface area contributed by atoms with Crippen molar-refractivity contribution in [1.82, 2.24) is 10.0 Å². The summed E-state index contributed by atoms with van der Waals surface area (Å²) in [5, 5.41) is 5.40. The molecule has 0 spiro atoms. The minimum atomic E-state index is -1.02. The van der Waals surface area contributed by atoms with Gasteiger partial charge >= 0.3 is 0 Å². The molecular weight excluding hydrogens is 455 g/mol. The Labute approximate surface area is 207 Å². The number of nitrogens with zero attached hydrogens (tertiary/aromatic N) is 2. The summed E-state index contributed by atoms with van der Waals surface area (Å²) in [6.07, 6.45) is 4.35. The fraction of sp³-hybridized carbons (Fsp3) is 0.556. The second-order valence-corrected chi connectivity index (χ2v) is 9.73. The predicted molar refractivity (Wildman–Crippen MR) is 132 cm³/mol. The van der Waals surface area contributed by atoms with Crippen LogP contribution in [-0.2, 0) is 15.3 Å². The molecule has 2 atom stereocenters. The third-order valence-corrected chi connectivity index (χ3v) is 7.21. The second-order valence-electron chi connectivity index (χ2n) is 9.30. The molecule has 2 aliphatic heterocycles. The smallest absolute Gasteiger partial charge is 0.215 e. The summed E-state index contributed by atoms with van der Waals surface area (Å²) in [6.45, 7) is 7.09. The van der Waals surface area contributed by atoms with E-state index in [1.807, 2.05) is 24.3 Å². The lowest BCUT2D eigenvalue weighted by Gasteiger charge is -2.58. The van der Waals surface area contributed by atoms with Crippen molar-refractivity contribution in [2.45, 2.75) is 63.4 Å². The van der Waals surface area contributed by atoms with E-state index in [9.17, 15) is 4.39 Å². The molecule has 2 unspecified atom stereocenters. The van der Waals surface area contributed by atoms with Gasteiger partial charge in [0.2, 0.25) is 5.79 Å². The first-order valence-corrected chi connectivity index (χ1v) is 12.8. The summed E-state index contributed by atoms with van der Waals surface area (Å²) in [7, 11) is 2.14. The second kappa shape index (κ2) is 10.9. The van der Waals surface area contributed by atoms with Gasteiger partial charge in [0.1, 0.15) is 17.7 Å². The van der Waals surface area contributed by atoms with Crippen LogP contribution in [0.5, 0.6) is 5.75 Å². The van der Waals surface area contributed by atoms with Crippen molar-refractivity contribution in [1.29, 1.82) is 0 Å². The Morgan fingerprint density at radius 1 is 1.12 bits per heavy atom. The normalized spacial score (nSPS) is 25.1. The van der Waals surface area contributed by atoms with Crippen molar-refractivity contribution < 1.29 is 18.6 Å². The van der Waals surface area contributed by atoms with Crippen molar-refractivity contribution >= 4 is 11.6 Å².